The lowest BCUT2D eigenvalue weighted by Gasteiger charge is -2.30. The summed E-state index contributed by atoms with van der Waals surface area (Å²) in [6.45, 7) is 2.59. The predicted molar refractivity (Wildman–Crippen MR) is 103 cm³/mol. The van der Waals surface area contributed by atoms with Crippen molar-refractivity contribution >= 4 is 22.8 Å². The van der Waals surface area contributed by atoms with Crippen molar-refractivity contribution in [2.75, 3.05) is 6.54 Å². The molecular formula is C22H19NO5. The number of esters is 1. The van der Waals surface area contributed by atoms with E-state index in [1.807, 2.05) is 18.2 Å². The van der Waals surface area contributed by atoms with Gasteiger partial charge in [0.2, 0.25) is 5.76 Å². The number of nitrogens with zero attached hydrogens (tertiary/aromatic N) is 1. The Balaban J connectivity index is 1.47. The van der Waals surface area contributed by atoms with Crippen molar-refractivity contribution < 1.29 is 18.7 Å². The molecule has 28 heavy (non-hydrogen) atoms. The average Bonchev–Trinajstić information content (AvgIpc) is 2.72. The first kappa shape index (κ1) is 18.0. The molecule has 142 valence electrons. The minimum Gasteiger partial charge on any atom is -0.449 e. The van der Waals surface area contributed by atoms with Crippen molar-refractivity contribution in [2.24, 2.45) is 0 Å². The zero-order valence-corrected chi connectivity index (χ0v) is 15.4. The molecule has 2 heterocycles. The van der Waals surface area contributed by atoms with Crippen LogP contribution >= 0.6 is 0 Å². The summed E-state index contributed by atoms with van der Waals surface area (Å²) in [6, 6.07) is 15.7. The molecule has 6 nitrogen and oxygen atoms in total. The summed E-state index contributed by atoms with van der Waals surface area (Å²) < 4.78 is 10.8. The third-order valence-electron chi connectivity index (χ3n) is 4.91. The van der Waals surface area contributed by atoms with Gasteiger partial charge >= 0.3 is 5.97 Å². The number of ether oxygens (including phenoxy) is 1. The highest BCUT2D eigenvalue weighted by Crippen LogP contribution is 2.20. The fourth-order valence-electron chi connectivity index (χ4n) is 3.41. The number of benzene rings is 2. The molecule has 0 spiro atoms. The van der Waals surface area contributed by atoms with E-state index in [0.717, 1.165) is 18.1 Å². The van der Waals surface area contributed by atoms with Crippen LogP contribution in [-0.4, -0.2) is 29.4 Å². The maximum atomic E-state index is 12.7. The van der Waals surface area contributed by atoms with Crippen molar-refractivity contribution in [3.63, 3.8) is 0 Å². The lowest BCUT2D eigenvalue weighted by molar-refractivity contribution is -0.140. The summed E-state index contributed by atoms with van der Waals surface area (Å²) in [7, 11) is 0. The zero-order chi connectivity index (χ0) is 19.7. The van der Waals surface area contributed by atoms with E-state index < -0.39 is 12.1 Å². The number of hydrogen-bond acceptors (Lipinski definition) is 5. The van der Waals surface area contributed by atoms with E-state index in [4.69, 9.17) is 9.15 Å². The van der Waals surface area contributed by atoms with Gasteiger partial charge in [-0.25, -0.2) is 4.79 Å². The second-order valence-corrected chi connectivity index (χ2v) is 6.80. The Bertz CT molecular complexity index is 1120. The molecule has 0 aliphatic carbocycles. The Morgan fingerprint density at radius 2 is 1.79 bits per heavy atom. The van der Waals surface area contributed by atoms with Crippen LogP contribution in [0.4, 0.5) is 0 Å². The van der Waals surface area contributed by atoms with Crippen LogP contribution in [0.25, 0.3) is 11.0 Å². The maximum Gasteiger partial charge on any atom is 0.375 e. The van der Waals surface area contributed by atoms with Crippen LogP contribution in [0.2, 0.25) is 0 Å². The molecule has 0 radical (unpaired) electrons. The van der Waals surface area contributed by atoms with Crippen LogP contribution in [0.3, 0.4) is 0 Å². The monoisotopic (exact) mass is 377 g/mol. The number of carbonyl (C=O) groups excluding carboxylic acids is 2. The molecule has 0 bridgehead atoms. The van der Waals surface area contributed by atoms with Crippen LogP contribution in [0.1, 0.15) is 28.6 Å². The number of rotatable bonds is 3. The molecular weight excluding hydrogens is 358 g/mol. The molecule has 4 rings (SSSR count). The first-order valence-electron chi connectivity index (χ1n) is 9.12. The highest BCUT2D eigenvalue weighted by molar-refractivity contribution is 5.91. The highest BCUT2D eigenvalue weighted by Gasteiger charge is 2.28. The molecule has 0 saturated heterocycles. The summed E-state index contributed by atoms with van der Waals surface area (Å²) in [5.41, 5.74) is 2.30. The molecule has 3 aromatic rings. The topological polar surface area (TPSA) is 76.8 Å². The van der Waals surface area contributed by atoms with Crippen molar-refractivity contribution in [2.45, 2.75) is 26.0 Å². The number of fused-ring (bicyclic) bond motifs is 2. The van der Waals surface area contributed by atoms with Gasteiger partial charge in [0.1, 0.15) is 5.58 Å². The van der Waals surface area contributed by atoms with Crippen LogP contribution in [0.5, 0.6) is 0 Å². The van der Waals surface area contributed by atoms with Gasteiger partial charge < -0.3 is 14.1 Å². The molecule has 0 N–H and O–H groups in total. The molecule has 1 amide bonds. The second-order valence-electron chi connectivity index (χ2n) is 6.80. The van der Waals surface area contributed by atoms with E-state index in [-0.39, 0.29) is 17.1 Å². The molecule has 1 aliphatic rings. The van der Waals surface area contributed by atoms with Crippen molar-refractivity contribution in [1.29, 1.82) is 0 Å². The van der Waals surface area contributed by atoms with Crippen LogP contribution < -0.4 is 5.43 Å². The van der Waals surface area contributed by atoms with E-state index >= 15 is 0 Å². The van der Waals surface area contributed by atoms with E-state index in [9.17, 15) is 14.4 Å². The van der Waals surface area contributed by atoms with E-state index in [2.05, 4.69) is 6.07 Å². The van der Waals surface area contributed by atoms with Crippen molar-refractivity contribution in [3.05, 3.63) is 81.7 Å². The van der Waals surface area contributed by atoms with Gasteiger partial charge in [-0.15, -0.1) is 0 Å². The van der Waals surface area contributed by atoms with Gasteiger partial charge in [-0.1, -0.05) is 36.4 Å². The molecule has 1 aromatic heterocycles. The SMILES string of the molecule is C[C@H](OC(=O)c1cc(=O)c2ccccc2o1)C(=O)N1CCc2ccccc2C1. The second kappa shape index (κ2) is 7.31. The molecule has 6 heteroatoms. The molecule has 0 saturated carbocycles. The lowest BCUT2D eigenvalue weighted by atomic mass is 9.99. The van der Waals surface area contributed by atoms with Gasteiger partial charge in [-0.3, -0.25) is 9.59 Å². The third-order valence-corrected chi connectivity index (χ3v) is 4.91. The zero-order valence-electron chi connectivity index (χ0n) is 15.4. The summed E-state index contributed by atoms with van der Waals surface area (Å²) in [5.74, 6) is -1.32. The molecule has 1 aliphatic heterocycles. The van der Waals surface area contributed by atoms with E-state index in [0.29, 0.717) is 24.1 Å². The van der Waals surface area contributed by atoms with Crippen LogP contribution in [0.15, 0.2) is 63.8 Å². The quantitative estimate of drug-likeness (QED) is 0.656. The Labute approximate surface area is 161 Å². The normalized spacial score (nSPS) is 14.4. The van der Waals surface area contributed by atoms with E-state index in [1.54, 1.807) is 29.2 Å². The first-order chi connectivity index (χ1) is 13.5. The fourth-order valence-corrected chi connectivity index (χ4v) is 3.41. The minimum absolute atomic E-state index is 0.215. The van der Waals surface area contributed by atoms with Crippen LogP contribution in [-0.2, 0) is 22.5 Å². The first-order valence-corrected chi connectivity index (χ1v) is 9.12. The average molecular weight is 377 g/mol. The summed E-state index contributed by atoms with van der Waals surface area (Å²) in [4.78, 5) is 38.9. The number of para-hydroxylation sites is 1. The van der Waals surface area contributed by atoms with Crippen LogP contribution in [0, 0.1) is 0 Å². The Morgan fingerprint density at radius 1 is 1.07 bits per heavy atom. The fraction of sp³-hybridized carbons (Fsp3) is 0.227. The van der Waals surface area contributed by atoms with E-state index in [1.165, 1.54) is 12.5 Å². The van der Waals surface area contributed by atoms with Gasteiger partial charge in [0.25, 0.3) is 5.91 Å². The van der Waals surface area contributed by atoms with Gasteiger partial charge in [0, 0.05) is 19.2 Å². The summed E-state index contributed by atoms with van der Waals surface area (Å²) in [6.07, 6.45) is -0.211. The van der Waals surface area contributed by atoms with Gasteiger partial charge in [0.15, 0.2) is 11.5 Å². The van der Waals surface area contributed by atoms with Crippen molar-refractivity contribution in [3.8, 4) is 0 Å². The summed E-state index contributed by atoms with van der Waals surface area (Å²) >= 11 is 0. The number of hydrogen-bond donors (Lipinski definition) is 0. The Hall–Kier alpha value is -3.41. The Morgan fingerprint density at radius 3 is 2.61 bits per heavy atom. The lowest BCUT2D eigenvalue weighted by Crippen LogP contribution is -2.42. The molecule has 1 atom stereocenters. The van der Waals surface area contributed by atoms with Gasteiger partial charge in [-0.05, 0) is 36.6 Å². The predicted octanol–water partition coefficient (Wildman–Crippen LogP) is 2.92. The maximum absolute atomic E-state index is 12.7. The minimum atomic E-state index is -0.977. The number of amides is 1. The number of carbonyl (C=O) groups is 2. The Kier molecular flexibility index (Phi) is 4.69. The molecule has 0 fully saturated rings. The molecule has 2 aromatic carbocycles. The van der Waals surface area contributed by atoms with Gasteiger partial charge in [0.05, 0.1) is 5.39 Å². The largest absolute Gasteiger partial charge is 0.449 e. The summed E-state index contributed by atoms with van der Waals surface area (Å²) in [5, 5.41) is 0.384. The third kappa shape index (κ3) is 3.41. The van der Waals surface area contributed by atoms with Gasteiger partial charge in [-0.2, -0.15) is 0 Å². The standard InChI is InChI=1S/C22H19NO5/c1-14(21(25)23-11-10-15-6-2-3-7-16(15)13-23)27-22(26)20-12-18(24)17-8-4-5-9-19(17)28-20/h2-9,12,14H,10-11,13H2,1H3/t14-/m0/s1. The molecule has 0 unspecified atom stereocenters. The van der Waals surface area contributed by atoms with Crippen molar-refractivity contribution in [1.82, 2.24) is 4.90 Å². The smallest absolute Gasteiger partial charge is 0.375 e. The highest BCUT2D eigenvalue weighted by atomic mass is 16.6.